The average molecular weight is 225 g/mol. The Morgan fingerprint density at radius 3 is 1.90 bits per heavy atom. The summed E-state index contributed by atoms with van der Waals surface area (Å²) in [4.78, 5) is 0. The second-order valence-corrected chi connectivity index (χ2v) is 2.62. The predicted octanol–water partition coefficient (Wildman–Crippen LogP) is 3.09. The van der Waals surface area contributed by atoms with Crippen LogP contribution in [0.4, 0.5) is 22.0 Å². The molecule has 0 aliphatic carbocycles. The summed E-state index contributed by atoms with van der Waals surface area (Å²) in [5.41, 5.74) is 0. The Hall–Kier alpha value is -0.130. The summed E-state index contributed by atoms with van der Waals surface area (Å²) in [6.45, 7) is 0. The van der Waals surface area contributed by atoms with Gasteiger partial charge in [-0.15, -0.1) is 0 Å². The average Bonchev–Trinajstić information content (AvgIpc) is 1.60. The number of allylic oxidation sites excluding steroid dienone is 1. The first-order valence-electron chi connectivity index (χ1n) is 2.06. The molecule has 0 aromatic heterocycles. The molecular weight excluding hydrogens is 223 g/mol. The Bertz CT molecular complexity index is 137. The van der Waals surface area contributed by atoms with Crippen LogP contribution in [0.1, 0.15) is 0 Å². The van der Waals surface area contributed by atoms with E-state index >= 15 is 0 Å². The van der Waals surface area contributed by atoms with Gasteiger partial charge in [-0.1, -0.05) is 0 Å². The topological polar surface area (TPSA) is 0 Å². The zero-order valence-corrected chi connectivity index (χ0v) is 6.01. The minimum absolute atomic E-state index is 0.488. The van der Waals surface area contributed by atoms with Crippen molar-refractivity contribution in [3.63, 3.8) is 0 Å². The lowest BCUT2D eigenvalue weighted by atomic mass is 10.4. The second-order valence-electron chi connectivity index (χ2n) is 1.41. The standard InChI is InChI=1S/C4H2BrF5/c5-4(10,3(8)9)1-2(6)7/h1,3H. The third kappa shape index (κ3) is 3.14. The smallest absolute Gasteiger partial charge is 0.220 e. The molecule has 0 saturated carbocycles. The minimum Gasteiger partial charge on any atom is -0.220 e. The van der Waals surface area contributed by atoms with Gasteiger partial charge < -0.3 is 0 Å². The molecule has 0 aliphatic heterocycles. The number of rotatable bonds is 2. The van der Waals surface area contributed by atoms with Gasteiger partial charge in [0.25, 0.3) is 12.5 Å². The third-order valence-electron chi connectivity index (χ3n) is 0.592. The van der Waals surface area contributed by atoms with Crippen molar-refractivity contribution in [2.45, 2.75) is 11.0 Å². The van der Waals surface area contributed by atoms with E-state index in [4.69, 9.17) is 0 Å². The summed E-state index contributed by atoms with van der Waals surface area (Å²) in [7, 11) is 0. The maximum atomic E-state index is 12.1. The molecule has 0 radical (unpaired) electrons. The van der Waals surface area contributed by atoms with Crippen LogP contribution in [0.15, 0.2) is 12.2 Å². The first-order valence-corrected chi connectivity index (χ1v) is 2.85. The van der Waals surface area contributed by atoms with Crippen molar-refractivity contribution in [1.82, 2.24) is 0 Å². The first-order chi connectivity index (χ1) is 4.36. The van der Waals surface area contributed by atoms with Crippen molar-refractivity contribution < 1.29 is 22.0 Å². The van der Waals surface area contributed by atoms with E-state index < -0.39 is 23.2 Å². The Kier molecular flexibility index (Phi) is 3.27. The fourth-order valence-electron chi connectivity index (χ4n) is 0.208. The summed E-state index contributed by atoms with van der Waals surface area (Å²) < 4.78 is 53.7. The van der Waals surface area contributed by atoms with E-state index in [1.54, 1.807) is 15.9 Å². The van der Waals surface area contributed by atoms with Crippen molar-refractivity contribution in [1.29, 1.82) is 0 Å². The van der Waals surface area contributed by atoms with Crippen LogP contribution in [0, 0.1) is 0 Å². The van der Waals surface area contributed by atoms with Crippen LogP contribution in [0.25, 0.3) is 0 Å². The minimum atomic E-state index is -3.51. The highest BCUT2D eigenvalue weighted by molar-refractivity contribution is 9.10. The SMILES string of the molecule is FC(F)=CC(F)(Br)C(F)F. The number of alkyl halides is 4. The molecule has 10 heavy (non-hydrogen) atoms. The van der Waals surface area contributed by atoms with E-state index in [1.165, 1.54) is 0 Å². The summed E-state index contributed by atoms with van der Waals surface area (Å²) >= 11 is 1.77. The Labute approximate surface area is 61.8 Å². The highest BCUT2D eigenvalue weighted by atomic mass is 79.9. The van der Waals surface area contributed by atoms with Gasteiger partial charge in [0.05, 0.1) is 0 Å². The van der Waals surface area contributed by atoms with Crippen molar-refractivity contribution in [2.75, 3.05) is 0 Å². The van der Waals surface area contributed by atoms with Gasteiger partial charge in [0.2, 0.25) is 4.58 Å². The maximum Gasteiger partial charge on any atom is 0.285 e. The van der Waals surface area contributed by atoms with Gasteiger partial charge in [0.1, 0.15) is 0 Å². The van der Waals surface area contributed by atoms with Crippen LogP contribution in [0.5, 0.6) is 0 Å². The van der Waals surface area contributed by atoms with Crippen molar-refractivity contribution in [3.8, 4) is 0 Å². The largest absolute Gasteiger partial charge is 0.285 e. The highest BCUT2D eigenvalue weighted by Crippen LogP contribution is 2.31. The van der Waals surface area contributed by atoms with Crippen LogP contribution >= 0.6 is 15.9 Å². The first kappa shape index (κ1) is 9.87. The van der Waals surface area contributed by atoms with Crippen LogP contribution in [0.3, 0.4) is 0 Å². The molecule has 0 aliphatic rings. The van der Waals surface area contributed by atoms with Gasteiger partial charge in [0, 0.05) is 6.08 Å². The number of hydrogen-bond donors (Lipinski definition) is 0. The van der Waals surface area contributed by atoms with Gasteiger partial charge >= 0.3 is 0 Å². The van der Waals surface area contributed by atoms with Crippen molar-refractivity contribution in [2.24, 2.45) is 0 Å². The molecule has 1 atom stereocenters. The molecular formula is C4H2BrF5. The molecule has 0 saturated heterocycles. The molecule has 0 rings (SSSR count). The summed E-state index contributed by atoms with van der Waals surface area (Å²) in [6, 6.07) is 0. The van der Waals surface area contributed by atoms with E-state index in [-0.39, 0.29) is 0 Å². The fraction of sp³-hybridized carbons (Fsp3) is 0.500. The van der Waals surface area contributed by atoms with Crippen molar-refractivity contribution in [3.05, 3.63) is 12.2 Å². The monoisotopic (exact) mass is 224 g/mol. The second kappa shape index (κ2) is 3.32. The predicted molar refractivity (Wildman–Crippen MR) is 29.1 cm³/mol. The fourth-order valence-corrected chi connectivity index (χ4v) is 0.382. The Morgan fingerprint density at radius 1 is 1.40 bits per heavy atom. The van der Waals surface area contributed by atoms with Crippen LogP contribution in [-0.2, 0) is 0 Å². The van der Waals surface area contributed by atoms with Crippen LogP contribution < -0.4 is 0 Å². The van der Waals surface area contributed by atoms with Gasteiger partial charge in [-0.05, 0) is 15.9 Å². The Morgan fingerprint density at radius 2 is 1.80 bits per heavy atom. The van der Waals surface area contributed by atoms with Gasteiger partial charge in [-0.3, -0.25) is 0 Å². The van der Waals surface area contributed by atoms with E-state index in [0.717, 1.165) is 0 Å². The molecule has 0 bridgehead atoms. The number of hydrogen-bond acceptors (Lipinski definition) is 0. The van der Waals surface area contributed by atoms with Crippen LogP contribution in [-0.4, -0.2) is 11.0 Å². The zero-order valence-electron chi connectivity index (χ0n) is 4.42. The molecule has 6 heteroatoms. The zero-order chi connectivity index (χ0) is 8.36. The van der Waals surface area contributed by atoms with E-state index in [1.807, 2.05) is 0 Å². The Balaban J connectivity index is 4.27. The normalized spacial score (nSPS) is 16.7. The lowest BCUT2D eigenvalue weighted by molar-refractivity contribution is 0.0569. The summed E-state index contributed by atoms with van der Waals surface area (Å²) in [5.74, 6) is 0. The molecule has 1 unspecified atom stereocenters. The molecule has 0 aromatic rings. The third-order valence-corrected chi connectivity index (χ3v) is 1.17. The molecule has 0 fully saturated rings. The van der Waals surface area contributed by atoms with Crippen molar-refractivity contribution >= 4 is 15.9 Å². The van der Waals surface area contributed by atoms with Crippen LogP contribution in [0.2, 0.25) is 0 Å². The van der Waals surface area contributed by atoms with Gasteiger partial charge in [-0.2, -0.15) is 8.78 Å². The molecule has 60 valence electrons. The maximum absolute atomic E-state index is 12.1. The number of halogens is 6. The quantitative estimate of drug-likeness (QED) is 0.500. The van der Waals surface area contributed by atoms with E-state index in [9.17, 15) is 22.0 Å². The summed E-state index contributed by atoms with van der Waals surface area (Å²) in [5, 5.41) is 0. The molecule has 0 nitrogen and oxygen atoms in total. The van der Waals surface area contributed by atoms with Gasteiger partial charge in [-0.25, -0.2) is 13.2 Å². The molecule has 0 spiro atoms. The highest BCUT2D eigenvalue weighted by Gasteiger charge is 2.36. The van der Waals surface area contributed by atoms with Gasteiger partial charge in [0.15, 0.2) is 0 Å². The molecule has 0 N–H and O–H groups in total. The molecule has 0 heterocycles. The lowest BCUT2D eigenvalue weighted by Gasteiger charge is -2.09. The van der Waals surface area contributed by atoms with E-state index in [0.29, 0.717) is 0 Å². The van der Waals surface area contributed by atoms with E-state index in [2.05, 4.69) is 0 Å². The summed E-state index contributed by atoms with van der Waals surface area (Å²) in [6.07, 6.45) is -6.48. The molecule has 0 amide bonds. The molecule has 0 aromatic carbocycles. The lowest BCUT2D eigenvalue weighted by Crippen LogP contribution is -2.21.